The highest BCUT2D eigenvalue weighted by Crippen LogP contribution is 2.00. The molecule has 0 aromatic heterocycles. The van der Waals surface area contributed by atoms with Crippen molar-refractivity contribution >= 4 is 5.78 Å². The zero-order chi connectivity index (χ0) is 12.4. The molecule has 0 spiro atoms. The second-order valence-corrected chi connectivity index (χ2v) is 2.02. The van der Waals surface area contributed by atoms with Gasteiger partial charge in [-0.1, -0.05) is 0 Å². The maximum absolute atomic E-state index is 10.9. The molecule has 12 heavy (non-hydrogen) atoms. The van der Waals surface area contributed by atoms with Gasteiger partial charge in [-0.2, -0.15) is 0 Å². The van der Waals surface area contributed by atoms with Crippen molar-refractivity contribution in [3.63, 3.8) is 0 Å². The minimum absolute atomic E-state index is 1.04. The fraction of sp³-hybridized carbons (Fsp3) is 0.833. The lowest BCUT2D eigenvalue weighted by Gasteiger charge is -2.19. The largest absolute Gasteiger partial charge is 0.394 e. The van der Waals surface area contributed by atoms with Gasteiger partial charge < -0.3 is 25.5 Å². The van der Waals surface area contributed by atoms with Crippen LogP contribution in [-0.2, 0) is 4.79 Å². The highest BCUT2D eigenvalue weighted by molar-refractivity contribution is 5.84. The van der Waals surface area contributed by atoms with Gasteiger partial charge in [-0.15, -0.1) is 0 Å². The van der Waals surface area contributed by atoms with Gasteiger partial charge >= 0.3 is 0 Å². The summed E-state index contributed by atoms with van der Waals surface area (Å²) in [7, 11) is 0. The summed E-state index contributed by atoms with van der Waals surface area (Å²) in [6.45, 7) is -4.56. The Bertz CT molecular complexity index is 238. The lowest BCUT2D eigenvalue weighted by molar-refractivity contribution is -0.142. The van der Waals surface area contributed by atoms with Crippen LogP contribution in [0, 0.1) is 0 Å². The number of rotatable bonds is 5. The van der Waals surface area contributed by atoms with Crippen LogP contribution in [-0.4, -0.2) is 62.8 Å². The lowest BCUT2D eigenvalue weighted by atomic mass is 10.1. The Morgan fingerprint density at radius 3 is 2.25 bits per heavy atom. The monoisotopic (exact) mass is 183 g/mol. The zero-order valence-electron chi connectivity index (χ0n) is 9.01. The number of hydrogen-bond acceptors (Lipinski definition) is 6. The molecule has 0 aromatic rings. The van der Waals surface area contributed by atoms with Crippen molar-refractivity contribution in [2.24, 2.45) is 0 Å². The summed E-state index contributed by atoms with van der Waals surface area (Å²) in [5.74, 6) is -2.03. The molecule has 0 rings (SSSR count). The van der Waals surface area contributed by atoms with Gasteiger partial charge in [0.15, 0.2) is 5.78 Å². The molecule has 0 aliphatic carbocycles. The summed E-state index contributed by atoms with van der Waals surface area (Å²) in [6, 6.07) is 0. The Labute approximate surface area is 72.9 Å². The Kier molecular flexibility index (Phi) is 2.99. The molecule has 0 radical (unpaired) electrons. The number of ketones is 1. The van der Waals surface area contributed by atoms with Crippen LogP contribution in [0.4, 0.5) is 0 Å². The number of hydrogen-bond donors (Lipinski definition) is 5. The molecule has 72 valence electrons. The average Bonchev–Trinajstić information content (AvgIpc) is 2.12. The van der Waals surface area contributed by atoms with Gasteiger partial charge in [0.05, 0.1) is 10.7 Å². The predicted octanol–water partition coefficient (Wildman–Crippen LogP) is -3.38. The van der Waals surface area contributed by atoms with Crippen molar-refractivity contribution in [1.82, 2.24) is 0 Å². The summed E-state index contributed by atoms with van der Waals surface area (Å²) in [6.07, 6.45) is -7.88. The zero-order valence-corrected chi connectivity index (χ0v) is 6.01. The maximum Gasteiger partial charge on any atom is 0.189 e. The number of aliphatic hydroxyl groups excluding tert-OH is 3. The molecule has 3 atom stereocenters. The van der Waals surface area contributed by atoms with E-state index in [1.54, 1.807) is 0 Å². The Balaban J connectivity index is 4.89. The van der Waals surface area contributed by atoms with Crippen LogP contribution in [0.1, 0.15) is 4.11 Å². The van der Waals surface area contributed by atoms with Gasteiger partial charge in [-0.05, 0) is 0 Å². The van der Waals surface area contributed by atoms with Crippen LogP contribution in [0.25, 0.3) is 0 Å². The van der Waals surface area contributed by atoms with E-state index in [1.165, 1.54) is 0 Å². The molecular formula is C6H12O6. The minimum Gasteiger partial charge on any atom is -0.394 e. The topological polar surface area (TPSA) is 118 Å². The van der Waals surface area contributed by atoms with Gasteiger partial charge in [0.25, 0.3) is 0 Å². The summed E-state index contributed by atoms with van der Waals surface area (Å²) >= 11 is 0. The van der Waals surface area contributed by atoms with E-state index in [1.807, 2.05) is 0 Å². The van der Waals surface area contributed by atoms with E-state index < -0.39 is 37.2 Å². The van der Waals surface area contributed by atoms with Gasteiger partial charge in [-0.3, -0.25) is 4.79 Å². The van der Waals surface area contributed by atoms with Crippen LogP contribution in [0.5, 0.6) is 0 Å². The molecule has 0 saturated carbocycles. The Hall–Kier alpha value is -0.530. The molecule has 0 unspecified atom stereocenters. The fourth-order valence-corrected chi connectivity index (χ4v) is 0.474. The third-order valence-corrected chi connectivity index (χ3v) is 1.17. The molecule has 0 saturated heterocycles. The van der Waals surface area contributed by atoms with Gasteiger partial charge in [0, 0.05) is 0 Å². The van der Waals surface area contributed by atoms with E-state index in [-0.39, 0.29) is 0 Å². The smallest absolute Gasteiger partial charge is 0.189 e. The molecule has 0 aliphatic heterocycles. The van der Waals surface area contributed by atoms with Crippen molar-refractivity contribution in [2.75, 3.05) is 13.2 Å². The maximum atomic E-state index is 10.9. The summed E-state index contributed by atoms with van der Waals surface area (Å²) in [5, 5.41) is 43.9. The van der Waals surface area contributed by atoms with E-state index in [0.717, 1.165) is 0 Å². The number of Topliss-reactive ketones (excluding diaryl/α,β-unsaturated/α-hetero) is 1. The first-order chi connectivity index (χ1) is 6.55. The van der Waals surface area contributed by atoms with Gasteiger partial charge in [-0.25, -0.2) is 0 Å². The van der Waals surface area contributed by atoms with Crippen LogP contribution in [0.3, 0.4) is 0 Å². The first-order valence-corrected chi connectivity index (χ1v) is 3.01. The van der Waals surface area contributed by atoms with E-state index in [4.69, 9.17) is 29.6 Å². The van der Waals surface area contributed by atoms with Crippen LogP contribution < -0.4 is 0 Å². The molecule has 0 bridgehead atoms. The normalized spacial score (nSPS) is 25.9. The second-order valence-electron chi connectivity index (χ2n) is 2.02. The first kappa shape index (κ1) is 6.93. The minimum atomic E-state index is -3.52. The number of carbonyl (C=O) groups excluding carboxylic acids is 1. The van der Waals surface area contributed by atoms with Crippen molar-refractivity contribution in [2.45, 2.75) is 18.3 Å². The molecule has 5 N–H and O–H groups in total. The molecule has 0 aliphatic rings. The fourth-order valence-electron chi connectivity index (χ4n) is 0.474. The van der Waals surface area contributed by atoms with Crippen LogP contribution in [0.2, 0.25) is 0 Å². The summed E-state index contributed by atoms with van der Waals surface area (Å²) < 4.78 is 20.0. The molecule has 0 fully saturated rings. The van der Waals surface area contributed by atoms with Crippen molar-refractivity contribution < 1.29 is 34.4 Å². The highest BCUT2D eigenvalue weighted by Gasteiger charge is 2.28. The molecule has 0 amide bonds. The number of aliphatic hydroxyl groups is 5. The third-order valence-electron chi connectivity index (χ3n) is 1.17. The second kappa shape index (κ2) is 5.18. The standard InChI is InChI=1S/C6H12O6/c7-1-3(9)5(11)6(12)4(10)2-8/h3,5-9,11-12H,1-2H2/t3-,5-,6-/m1/s1/i2D2,6D. The molecular weight excluding hydrogens is 168 g/mol. The van der Waals surface area contributed by atoms with Gasteiger partial charge in [0.2, 0.25) is 0 Å². The SMILES string of the molecule is [2H]C([2H])(O)C(=O)[C@@]([2H])(O)[C@H](O)[C@H](O)CO. The third kappa shape index (κ3) is 2.84. The summed E-state index contributed by atoms with van der Waals surface area (Å²) in [4.78, 5) is 10.9. The quantitative estimate of drug-likeness (QED) is 0.303. The first-order valence-electron chi connectivity index (χ1n) is 4.51. The van der Waals surface area contributed by atoms with Crippen LogP contribution in [0.15, 0.2) is 0 Å². The molecule has 6 nitrogen and oxygen atoms in total. The predicted molar refractivity (Wildman–Crippen MR) is 37.2 cm³/mol. The van der Waals surface area contributed by atoms with Crippen molar-refractivity contribution in [3.8, 4) is 0 Å². The summed E-state index contributed by atoms with van der Waals surface area (Å²) in [5.41, 5.74) is 0. The van der Waals surface area contributed by atoms with E-state index in [2.05, 4.69) is 0 Å². The van der Waals surface area contributed by atoms with E-state index in [0.29, 0.717) is 0 Å². The molecule has 0 heterocycles. The molecule has 0 aromatic carbocycles. The van der Waals surface area contributed by atoms with E-state index in [9.17, 15) is 4.79 Å². The Morgan fingerprint density at radius 2 is 1.92 bits per heavy atom. The van der Waals surface area contributed by atoms with Gasteiger partial charge in [0.1, 0.15) is 24.8 Å². The van der Waals surface area contributed by atoms with Crippen molar-refractivity contribution in [1.29, 1.82) is 0 Å². The molecule has 6 heteroatoms. The van der Waals surface area contributed by atoms with Crippen molar-refractivity contribution in [3.05, 3.63) is 0 Å². The number of carbonyl (C=O) groups is 1. The van der Waals surface area contributed by atoms with E-state index >= 15 is 0 Å². The van der Waals surface area contributed by atoms with Crippen LogP contribution >= 0.6 is 0 Å². The highest BCUT2D eigenvalue weighted by atomic mass is 16.4. The lowest BCUT2D eigenvalue weighted by Crippen LogP contribution is -2.44. The Morgan fingerprint density at radius 1 is 1.42 bits per heavy atom. The average molecular weight is 183 g/mol.